The molecule has 0 aliphatic carbocycles. The Hall–Kier alpha value is -4.78. The molecule has 1 atom stereocenters. The van der Waals surface area contributed by atoms with E-state index in [0.29, 0.717) is 22.6 Å². The summed E-state index contributed by atoms with van der Waals surface area (Å²) in [6, 6.07) is 29.6. The molecule has 1 N–H and O–H groups in total. The quantitative estimate of drug-likeness (QED) is 0.153. The first-order valence-electron chi connectivity index (χ1n) is 12.8. The molecule has 4 aromatic carbocycles. The standard InChI is InChI=1S/C33H29F2NO4/c1-22(2)31(25-14-18-28(19-15-25)40-33(34)35)32(38)36-26-16-12-24(13-17-26)30(37)20-11-23-7-6-10-29(21-23)39-27-8-4-3-5-9-27/h3-22,31,33H,1-2H3,(H,36,38)/b20-11+. The van der Waals surface area contributed by atoms with E-state index in [-0.39, 0.29) is 23.4 Å². The molecule has 0 aliphatic heterocycles. The number of alkyl halides is 2. The Bertz CT molecular complexity index is 1450. The van der Waals surface area contributed by atoms with Gasteiger partial charge < -0.3 is 14.8 Å². The summed E-state index contributed by atoms with van der Waals surface area (Å²) in [7, 11) is 0. The summed E-state index contributed by atoms with van der Waals surface area (Å²) in [6.07, 6.45) is 3.21. The van der Waals surface area contributed by atoms with Gasteiger partial charge in [0.15, 0.2) is 5.78 Å². The number of benzene rings is 4. The number of rotatable bonds is 11. The van der Waals surface area contributed by atoms with Crippen molar-refractivity contribution >= 4 is 23.5 Å². The third kappa shape index (κ3) is 7.86. The number of nitrogens with one attached hydrogen (secondary N) is 1. The highest BCUT2D eigenvalue weighted by molar-refractivity contribution is 6.07. The molecule has 5 nitrogen and oxygen atoms in total. The minimum Gasteiger partial charge on any atom is -0.457 e. The fourth-order valence-corrected chi connectivity index (χ4v) is 4.21. The summed E-state index contributed by atoms with van der Waals surface area (Å²) >= 11 is 0. The van der Waals surface area contributed by atoms with Crippen LogP contribution < -0.4 is 14.8 Å². The van der Waals surface area contributed by atoms with E-state index >= 15 is 0 Å². The van der Waals surface area contributed by atoms with E-state index in [0.717, 1.165) is 11.3 Å². The van der Waals surface area contributed by atoms with Crippen molar-refractivity contribution in [2.75, 3.05) is 5.32 Å². The van der Waals surface area contributed by atoms with Crippen LogP contribution in [0.1, 0.15) is 41.3 Å². The van der Waals surface area contributed by atoms with E-state index in [9.17, 15) is 18.4 Å². The topological polar surface area (TPSA) is 64.6 Å². The zero-order valence-electron chi connectivity index (χ0n) is 22.1. The number of hydrogen-bond donors (Lipinski definition) is 1. The minimum absolute atomic E-state index is 0.0317. The van der Waals surface area contributed by atoms with Gasteiger partial charge in [0.2, 0.25) is 5.91 Å². The number of carbonyl (C=O) groups is 2. The molecule has 0 fully saturated rings. The lowest BCUT2D eigenvalue weighted by Gasteiger charge is -2.21. The molecule has 0 aromatic heterocycles. The summed E-state index contributed by atoms with van der Waals surface area (Å²) in [4.78, 5) is 25.8. The summed E-state index contributed by atoms with van der Waals surface area (Å²) in [5, 5.41) is 2.89. The Morgan fingerprint density at radius 1 is 0.775 bits per heavy atom. The largest absolute Gasteiger partial charge is 0.457 e. The molecule has 0 saturated heterocycles. The fourth-order valence-electron chi connectivity index (χ4n) is 4.21. The van der Waals surface area contributed by atoms with Gasteiger partial charge in [-0.05, 0) is 83.8 Å². The molecule has 0 spiro atoms. The van der Waals surface area contributed by atoms with Crippen molar-refractivity contribution in [3.8, 4) is 17.2 Å². The molecular formula is C33H29F2NO4. The Morgan fingerprint density at radius 2 is 1.45 bits per heavy atom. The predicted molar refractivity (Wildman–Crippen MR) is 152 cm³/mol. The third-order valence-electron chi connectivity index (χ3n) is 6.11. The molecule has 0 aliphatic rings. The van der Waals surface area contributed by atoms with Crippen molar-refractivity contribution in [1.29, 1.82) is 0 Å². The number of allylic oxidation sites excluding steroid dienone is 1. The van der Waals surface area contributed by atoms with Gasteiger partial charge in [-0.2, -0.15) is 8.78 Å². The first-order valence-corrected chi connectivity index (χ1v) is 12.8. The van der Waals surface area contributed by atoms with Gasteiger partial charge in [0.25, 0.3) is 0 Å². The molecule has 1 unspecified atom stereocenters. The highest BCUT2D eigenvalue weighted by Crippen LogP contribution is 2.28. The molecule has 4 rings (SSSR count). The maximum Gasteiger partial charge on any atom is 0.387 e. The van der Waals surface area contributed by atoms with Crippen LogP contribution in [0.4, 0.5) is 14.5 Å². The van der Waals surface area contributed by atoms with E-state index in [1.165, 1.54) is 18.2 Å². The Morgan fingerprint density at radius 3 is 2.10 bits per heavy atom. The summed E-state index contributed by atoms with van der Waals surface area (Å²) in [6.45, 7) is 0.905. The van der Waals surface area contributed by atoms with E-state index in [1.54, 1.807) is 42.5 Å². The van der Waals surface area contributed by atoms with Crippen LogP contribution in [0, 0.1) is 5.92 Å². The number of ether oxygens (including phenoxy) is 2. The summed E-state index contributed by atoms with van der Waals surface area (Å²) in [5.74, 6) is 0.439. The Balaban J connectivity index is 1.38. The number of amides is 1. The lowest BCUT2D eigenvalue weighted by Crippen LogP contribution is -2.25. The number of para-hydroxylation sites is 1. The van der Waals surface area contributed by atoms with Crippen LogP contribution in [0.5, 0.6) is 17.2 Å². The van der Waals surface area contributed by atoms with Crippen molar-refractivity contribution in [1.82, 2.24) is 0 Å². The normalized spacial score (nSPS) is 11.9. The molecule has 204 valence electrons. The van der Waals surface area contributed by atoms with Crippen LogP contribution in [-0.2, 0) is 4.79 Å². The van der Waals surface area contributed by atoms with Crippen molar-refractivity contribution in [3.05, 3.63) is 126 Å². The molecular weight excluding hydrogens is 512 g/mol. The van der Waals surface area contributed by atoms with Crippen LogP contribution in [0.2, 0.25) is 0 Å². The van der Waals surface area contributed by atoms with Crippen LogP contribution in [0.3, 0.4) is 0 Å². The maximum atomic E-state index is 13.1. The molecule has 40 heavy (non-hydrogen) atoms. The van der Waals surface area contributed by atoms with Gasteiger partial charge in [0.05, 0.1) is 5.92 Å². The average molecular weight is 542 g/mol. The predicted octanol–water partition coefficient (Wildman–Crippen LogP) is 8.35. The monoisotopic (exact) mass is 541 g/mol. The van der Waals surface area contributed by atoms with Crippen LogP contribution >= 0.6 is 0 Å². The number of hydrogen-bond acceptors (Lipinski definition) is 4. The van der Waals surface area contributed by atoms with Gasteiger partial charge in [0, 0.05) is 11.3 Å². The van der Waals surface area contributed by atoms with Gasteiger partial charge in [-0.25, -0.2) is 0 Å². The van der Waals surface area contributed by atoms with E-state index < -0.39 is 12.5 Å². The second-order valence-corrected chi connectivity index (χ2v) is 9.42. The molecule has 0 bridgehead atoms. The molecule has 0 heterocycles. The van der Waals surface area contributed by atoms with Gasteiger partial charge >= 0.3 is 6.61 Å². The lowest BCUT2D eigenvalue weighted by atomic mass is 9.87. The zero-order chi connectivity index (χ0) is 28.5. The van der Waals surface area contributed by atoms with Crippen molar-refractivity contribution in [2.24, 2.45) is 5.92 Å². The molecule has 4 aromatic rings. The highest BCUT2D eigenvalue weighted by atomic mass is 19.3. The van der Waals surface area contributed by atoms with Crippen LogP contribution in [-0.4, -0.2) is 18.3 Å². The second kappa shape index (κ2) is 13.3. The van der Waals surface area contributed by atoms with Gasteiger partial charge in [-0.1, -0.05) is 62.4 Å². The van der Waals surface area contributed by atoms with E-state index in [4.69, 9.17) is 4.74 Å². The van der Waals surface area contributed by atoms with E-state index in [2.05, 4.69) is 10.1 Å². The molecule has 1 amide bonds. The minimum atomic E-state index is -2.91. The first kappa shape index (κ1) is 28.2. The van der Waals surface area contributed by atoms with Crippen molar-refractivity contribution in [3.63, 3.8) is 0 Å². The van der Waals surface area contributed by atoms with Crippen LogP contribution in [0.15, 0.2) is 109 Å². The summed E-state index contributed by atoms with van der Waals surface area (Å²) in [5.41, 5.74) is 2.52. The van der Waals surface area contributed by atoms with Gasteiger partial charge in [0.1, 0.15) is 17.2 Å². The fraction of sp³-hybridized carbons (Fsp3) is 0.152. The average Bonchev–Trinajstić information content (AvgIpc) is 2.93. The number of halogens is 2. The second-order valence-electron chi connectivity index (χ2n) is 9.42. The first-order chi connectivity index (χ1) is 19.3. The lowest BCUT2D eigenvalue weighted by molar-refractivity contribution is -0.118. The number of ketones is 1. The maximum absolute atomic E-state index is 13.1. The Kier molecular flexibility index (Phi) is 9.41. The smallest absolute Gasteiger partial charge is 0.387 e. The van der Waals surface area contributed by atoms with Gasteiger partial charge in [-0.3, -0.25) is 9.59 Å². The van der Waals surface area contributed by atoms with E-state index in [1.807, 2.05) is 68.4 Å². The van der Waals surface area contributed by atoms with Crippen molar-refractivity contribution < 1.29 is 27.8 Å². The SMILES string of the molecule is CC(C)C(C(=O)Nc1ccc(C(=O)/C=C/c2cccc(Oc3ccccc3)c2)cc1)c1ccc(OC(F)F)cc1. The Labute approximate surface area is 232 Å². The highest BCUT2D eigenvalue weighted by Gasteiger charge is 2.24. The van der Waals surface area contributed by atoms with Gasteiger partial charge in [-0.15, -0.1) is 0 Å². The summed E-state index contributed by atoms with van der Waals surface area (Å²) < 4.78 is 35.1. The molecule has 0 radical (unpaired) electrons. The number of carbonyl (C=O) groups excluding carboxylic acids is 2. The molecule has 0 saturated carbocycles. The number of anilines is 1. The van der Waals surface area contributed by atoms with Crippen molar-refractivity contribution in [2.45, 2.75) is 26.4 Å². The van der Waals surface area contributed by atoms with Crippen LogP contribution in [0.25, 0.3) is 6.08 Å². The zero-order valence-corrected chi connectivity index (χ0v) is 22.1. The molecule has 7 heteroatoms. The third-order valence-corrected chi connectivity index (χ3v) is 6.11.